The molecular weight excluding hydrogens is 619 g/mol. The van der Waals surface area contributed by atoms with Gasteiger partial charge in [-0.1, -0.05) is 78.4 Å². The van der Waals surface area contributed by atoms with E-state index in [9.17, 15) is 21.6 Å². The third-order valence-corrected chi connectivity index (χ3v) is 11.6. The van der Waals surface area contributed by atoms with Gasteiger partial charge >= 0.3 is 6.18 Å². The van der Waals surface area contributed by atoms with Crippen LogP contribution in [0.2, 0.25) is 5.02 Å². The minimum absolute atomic E-state index is 0.0744. The number of hydrogen-bond acceptors (Lipinski definition) is 3. The smallest absolute Gasteiger partial charge is 0.368 e. The van der Waals surface area contributed by atoms with Gasteiger partial charge < -0.3 is 9.72 Å². The van der Waals surface area contributed by atoms with Crippen molar-refractivity contribution in [1.82, 2.24) is 4.98 Å². The second-order valence-electron chi connectivity index (χ2n) is 11.4. The van der Waals surface area contributed by atoms with Gasteiger partial charge in [-0.25, -0.2) is 8.42 Å². The van der Waals surface area contributed by atoms with Crippen LogP contribution in [-0.2, 0) is 20.8 Å². The number of alkyl halides is 3. The maximum Gasteiger partial charge on any atom is 0.416 e. The Labute approximate surface area is 265 Å². The zero-order valence-electron chi connectivity index (χ0n) is 24.3. The number of methoxy groups -OCH3 is 1. The molecule has 1 heterocycles. The van der Waals surface area contributed by atoms with Gasteiger partial charge in [0.05, 0.1) is 10.5 Å². The number of sulfone groups is 1. The number of hydrogen-bond donors (Lipinski definition) is 1. The zero-order valence-corrected chi connectivity index (χ0v) is 25.9. The monoisotopic (exact) mass is 649 g/mol. The molecule has 1 N–H and O–H groups in total. The number of H-pyrrole nitrogens is 1. The molecule has 0 radical (unpaired) electrons. The van der Waals surface area contributed by atoms with Crippen molar-refractivity contribution in [2.75, 3.05) is 7.11 Å². The molecule has 232 valence electrons. The quantitative estimate of drug-likeness (QED) is 0.211. The van der Waals surface area contributed by atoms with Gasteiger partial charge in [0.2, 0.25) is 9.84 Å². The number of benzene rings is 4. The molecular formula is C36H31ClF3NO3S. The van der Waals surface area contributed by atoms with Gasteiger partial charge in [-0.3, -0.25) is 0 Å². The predicted octanol–water partition coefficient (Wildman–Crippen LogP) is 9.65. The molecule has 1 aromatic heterocycles. The summed E-state index contributed by atoms with van der Waals surface area (Å²) in [5, 5.41) is 2.56. The van der Waals surface area contributed by atoms with Gasteiger partial charge in [0.1, 0.15) is 0 Å². The van der Waals surface area contributed by atoms with Gasteiger partial charge in [-0.2, -0.15) is 13.2 Å². The second kappa shape index (κ2) is 12.2. The average Bonchev–Trinajstić information content (AvgIpc) is 3.64. The number of fused-ring (bicyclic) bond motifs is 5. The molecule has 4 unspecified atom stereocenters. The molecule has 0 bridgehead atoms. The van der Waals surface area contributed by atoms with Crippen molar-refractivity contribution >= 4 is 38.3 Å². The summed E-state index contributed by atoms with van der Waals surface area (Å²) in [6.07, 6.45) is 3.87. The van der Waals surface area contributed by atoms with E-state index >= 15 is 0 Å². The SMILES string of the molecule is COC1(S(=O)(=O)c2cccc(C(F)(F)F)c2)CC(c2ccc(Cl)cc2)CC2C=Cc3c(ccc4ccccc34)C21.c1cc[nH]c1. The molecule has 0 saturated heterocycles. The van der Waals surface area contributed by atoms with Gasteiger partial charge in [-0.05, 0) is 94.6 Å². The lowest BCUT2D eigenvalue weighted by Crippen LogP contribution is -2.53. The zero-order chi connectivity index (χ0) is 31.8. The maximum absolute atomic E-state index is 14.6. The van der Waals surface area contributed by atoms with Crippen LogP contribution in [0.3, 0.4) is 0 Å². The minimum Gasteiger partial charge on any atom is -0.368 e. The highest BCUT2D eigenvalue weighted by Gasteiger charge is 2.59. The van der Waals surface area contributed by atoms with Crippen LogP contribution in [0.1, 0.15) is 46.9 Å². The number of ether oxygens (including phenoxy) is 1. The molecule has 0 spiro atoms. The van der Waals surface area contributed by atoms with E-state index < -0.39 is 37.3 Å². The van der Waals surface area contributed by atoms with Crippen molar-refractivity contribution in [2.24, 2.45) is 5.92 Å². The van der Waals surface area contributed by atoms with Crippen molar-refractivity contribution < 1.29 is 26.3 Å². The summed E-state index contributed by atoms with van der Waals surface area (Å²) in [4.78, 5) is 0.628. The molecule has 2 aliphatic carbocycles. The minimum atomic E-state index is -4.69. The highest BCUT2D eigenvalue weighted by atomic mass is 35.5. The highest BCUT2D eigenvalue weighted by Crippen LogP contribution is 2.58. The Morgan fingerprint density at radius 1 is 0.911 bits per heavy atom. The first-order valence-electron chi connectivity index (χ1n) is 14.6. The van der Waals surface area contributed by atoms with Crippen LogP contribution in [-0.4, -0.2) is 25.4 Å². The van der Waals surface area contributed by atoms with Crippen LogP contribution in [0, 0.1) is 5.92 Å². The van der Waals surface area contributed by atoms with E-state index in [0.717, 1.165) is 45.7 Å². The van der Waals surface area contributed by atoms with Crippen molar-refractivity contribution in [3.05, 3.63) is 143 Å². The first kappa shape index (κ1) is 31.1. The van der Waals surface area contributed by atoms with Crippen LogP contribution in [0.15, 0.2) is 120 Å². The van der Waals surface area contributed by atoms with Crippen LogP contribution in [0.25, 0.3) is 16.8 Å². The Balaban J connectivity index is 0.000000652. The van der Waals surface area contributed by atoms with Crippen LogP contribution in [0.4, 0.5) is 13.2 Å². The molecule has 2 aliphatic rings. The van der Waals surface area contributed by atoms with Gasteiger partial charge in [-0.15, -0.1) is 0 Å². The van der Waals surface area contributed by atoms with Gasteiger partial charge in [0.15, 0.2) is 4.93 Å². The Kier molecular flexibility index (Phi) is 8.41. The van der Waals surface area contributed by atoms with Gasteiger partial charge in [0.25, 0.3) is 0 Å². The predicted molar refractivity (Wildman–Crippen MR) is 172 cm³/mol. The first-order valence-corrected chi connectivity index (χ1v) is 16.4. The third-order valence-electron chi connectivity index (χ3n) is 8.95. The van der Waals surface area contributed by atoms with Crippen LogP contribution >= 0.6 is 11.6 Å². The summed E-state index contributed by atoms with van der Waals surface area (Å²) in [5.41, 5.74) is 1.61. The number of rotatable bonds is 4. The lowest BCUT2D eigenvalue weighted by molar-refractivity contribution is -0.137. The summed E-state index contributed by atoms with van der Waals surface area (Å²) in [6.45, 7) is 0. The summed E-state index contributed by atoms with van der Waals surface area (Å²) in [5.74, 6) is -1.10. The largest absolute Gasteiger partial charge is 0.416 e. The molecule has 0 amide bonds. The molecule has 1 saturated carbocycles. The summed E-state index contributed by atoms with van der Waals surface area (Å²) in [7, 11) is -3.10. The lowest BCUT2D eigenvalue weighted by atomic mass is 9.64. The molecule has 45 heavy (non-hydrogen) atoms. The molecule has 9 heteroatoms. The van der Waals surface area contributed by atoms with Crippen molar-refractivity contribution in [1.29, 1.82) is 0 Å². The topological polar surface area (TPSA) is 59.2 Å². The Morgan fingerprint density at radius 2 is 1.64 bits per heavy atom. The van der Waals surface area contributed by atoms with E-state index in [-0.39, 0.29) is 18.3 Å². The normalized spacial score (nSPS) is 22.6. The van der Waals surface area contributed by atoms with E-state index in [4.69, 9.17) is 16.3 Å². The summed E-state index contributed by atoms with van der Waals surface area (Å²) in [6, 6.07) is 26.9. The number of halogens is 4. The number of aromatic amines is 1. The summed E-state index contributed by atoms with van der Waals surface area (Å²) >= 11 is 6.13. The molecule has 5 aromatic rings. The third kappa shape index (κ3) is 5.71. The standard InChI is InChI=1S/C32H26ClF3O3S.C4H5N/c1-39-31(40(37,38)26-7-4-6-24(18-26)32(34,35)36)19-23(20-9-13-25(33)14-10-20)17-22-12-15-28-27-8-3-2-5-21(27)11-16-29(28)30(22)31;1-2-4-5-3-1/h2-16,18,22-23,30H,17,19H2,1H3;1-5H. The first-order chi connectivity index (χ1) is 21.5. The van der Waals surface area contributed by atoms with E-state index in [1.54, 1.807) is 12.1 Å². The number of aromatic nitrogens is 1. The second-order valence-corrected chi connectivity index (χ2v) is 14.0. The molecule has 4 aromatic carbocycles. The maximum atomic E-state index is 14.6. The lowest BCUT2D eigenvalue weighted by Gasteiger charge is -2.50. The Morgan fingerprint density at radius 3 is 2.31 bits per heavy atom. The van der Waals surface area contributed by atoms with E-state index in [2.05, 4.69) is 4.98 Å². The Bertz CT molecular complexity index is 1920. The molecule has 4 nitrogen and oxygen atoms in total. The fourth-order valence-corrected chi connectivity index (χ4v) is 9.23. The van der Waals surface area contributed by atoms with E-state index in [1.165, 1.54) is 13.2 Å². The Hall–Kier alpha value is -3.85. The van der Waals surface area contributed by atoms with Crippen LogP contribution < -0.4 is 0 Å². The van der Waals surface area contributed by atoms with E-state index in [1.807, 2.05) is 85.2 Å². The van der Waals surface area contributed by atoms with Crippen molar-refractivity contribution in [3.63, 3.8) is 0 Å². The average molecular weight is 650 g/mol. The fourth-order valence-electron chi connectivity index (χ4n) is 6.89. The van der Waals surface area contributed by atoms with Crippen molar-refractivity contribution in [3.8, 4) is 0 Å². The molecule has 7 rings (SSSR count). The van der Waals surface area contributed by atoms with Crippen molar-refractivity contribution in [2.45, 2.75) is 40.7 Å². The van der Waals surface area contributed by atoms with Gasteiger partial charge in [0, 0.05) is 30.4 Å². The highest BCUT2D eigenvalue weighted by molar-refractivity contribution is 7.92. The number of allylic oxidation sites excluding steroid dienone is 1. The van der Waals surface area contributed by atoms with E-state index in [0.29, 0.717) is 11.4 Å². The fraction of sp³-hybridized carbons (Fsp3) is 0.222. The molecule has 0 aliphatic heterocycles. The molecule has 4 atom stereocenters. The summed E-state index contributed by atoms with van der Waals surface area (Å²) < 4.78 is 76.4. The number of nitrogens with one attached hydrogen (secondary N) is 1. The van der Waals surface area contributed by atoms with Crippen LogP contribution in [0.5, 0.6) is 0 Å². The molecule has 1 fully saturated rings.